The molecule has 1 aliphatic carbocycles. The van der Waals surface area contributed by atoms with E-state index < -0.39 is 0 Å². The summed E-state index contributed by atoms with van der Waals surface area (Å²) in [6.07, 6.45) is 3.23. The molecule has 2 rings (SSSR count). The Kier molecular flexibility index (Phi) is 5.03. The van der Waals surface area contributed by atoms with Gasteiger partial charge in [-0.1, -0.05) is 13.8 Å². The molecule has 0 aromatic heterocycles. The number of hydrogen-bond donors (Lipinski definition) is 0. The molecule has 104 valence electrons. The van der Waals surface area contributed by atoms with E-state index in [9.17, 15) is 9.18 Å². The lowest BCUT2D eigenvalue weighted by Gasteiger charge is -2.31. The highest BCUT2D eigenvalue weighted by Gasteiger charge is 2.28. The second-order valence-corrected chi connectivity index (χ2v) is 6.72. The average Bonchev–Trinajstić information content (AvgIpc) is 2.41. The van der Waals surface area contributed by atoms with Crippen LogP contribution in [0.2, 0.25) is 0 Å². The first-order chi connectivity index (χ1) is 9.06. The van der Waals surface area contributed by atoms with E-state index in [1.165, 1.54) is 30.3 Å². The molecular formula is C16H21FOS. The second-order valence-electron chi connectivity index (χ2n) is 5.67. The van der Waals surface area contributed by atoms with Crippen molar-refractivity contribution in [2.75, 3.05) is 5.75 Å². The van der Waals surface area contributed by atoms with Gasteiger partial charge in [0, 0.05) is 10.8 Å². The Morgan fingerprint density at radius 2 is 1.89 bits per heavy atom. The number of Topliss-reactive ketones (excluding diaryl/α,β-unsaturated/α-hetero) is 1. The van der Waals surface area contributed by atoms with Crippen molar-refractivity contribution in [3.63, 3.8) is 0 Å². The van der Waals surface area contributed by atoms with Gasteiger partial charge in [0.25, 0.3) is 0 Å². The normalized spacial score (nSPS) is 27.2. The second kappa shape index (κ2) is 6.56. The van der Waals surface area contributed by atoms with Gasteiger partial charge in [0.2, 0.25) is 0 Å². The Hall–Kier alpha value is -0.830. The zero-order chi connectivity index (χ0) is 13.8. The van der Waals surface area contributed by atoms with Crippen molar-refractivity contribution in [2.45, 2.75) is 38.0 Å². The van der Waals surface area contributed by atoms with Crippen LogP contribution >= 0.6 is 11.8 Å². The first kappa shape index (κ1) is 14.6. The molecule has 0 bridgehead atoms. The number of carbonyl (C=O) groups excluding carboxylic acids is 1. The minimum absolute atomic E-state index is 0.231. The molecule has 0 radical (unpaired) electrons. The minimum atomic E-state index is -0.231. The van der Waals surface area contributed by atoms with Gasteiger partial charge < -0.3 is 0 Å². The van der Waals surface area contributed by atoms with Crippen LogP contribution in [0.3, 0.4) is 0 Å². The fourth-order valence-corrected chi connectivity index (χ4v) is 3.52. The van der Waals surface area contributed by atoms with E-state index >= 15 is 0 Å². The molecule has 0 spiro atoms. The minimum Gasteiger partial charge on any atom is -0.298 e. The van der Waals surface area contributed by atoms with Crippen LogP contribution < -0.4 is 0 Å². The van der Waals surface area contributed by atoms with Crippen molar-refractivity contribution >= 4 is 17.5 Å². The molecule has 1 aliphatic rings. The van der Waals surface area contributed by atoms with Crippen molar-refractivity contribution < 1.29 is 9.18 Å². The molecule has 1 fully saturated rings. The SMILES string of the molecule is CC1CCC(C(=O)CSc2ccc(F)cc2)CC1C. The number of carbonyl (C=O) groups is 1. The first-order valence-electron chi connectivity index (χ1n) is 6.97. The quantitative estimate of drug-likeness (QED) is 0.752. The summed E-state index contributed by atoms with van der Waals surface area (Å²) in [4.78, 5) is 13.2. The summed E-state index contributed by atoms with van der Waals surface area (Å²) in [6.45, 7) is 4.52. The van der Waals surface area contributed by atoms with Crippen molar-refractivity contribution in [1.82, 2.24) is 0 Å². The number of halogens is 1. The standard InChI is InChI=1S/C16H21FOS/c1-11-3-4-13(9-12(11)2)16(18)10-19-15-7-5-14(17)6-8-15/h5-8,11-13H,3-4,9-10H2,1-2H3. The zero-order valence-corrected chi connectivity index (χ0v) is 12.4. The van der Waals surface area contributed by atoms with Crippen molar-refractivity contribution in [2.24, 2.45) is 17.8 Å². The van der Waals surface area contributed by atoms with Gasteiger partial charge >= 0.3 is 0 Å². The van der Waals surface area contributed by atoms with E-state index in [0.717, 1.165) is 23.7 Å². The van der Waals surface area contributed by atoms with E-state index in [2.05, 4.69) is 13.8 Å². The Morgan fingerprint density at radius 3 is 2.53 bits per heavy atom. The van der Waals surface area contributed by atoms with Crippen LogP contribution in [0.5, 0.6) is 0 Å². The van der Waals surface area contributed by atoms with E-state index in [-0.39, 0.29) is 11.7 Å². The first-order valence-corrected chi connectivity index (χ1v) is 7.96. The summed E-state index contributed by atoms with van der Waals surface area (Å²) in [5.74, 6) is 2.27. The molecule has 19 heavy (non-hydrogen) atoms. The topological polar surface area (TPSA) is 17.1 Å². The maximum atomic E-state index is 12.8. The maximum Gasteiger partial charge on any atom is 0.146 e. The smallest absolute Gasteiger partial charge is 0.146 e. The Morgan fingerprint density at radius 1 is 1.21 bits per heavy atom. The van der Waals surface area contributed by atoms with Gasteiger partial charge in [-0.3, -0.25) is 4.79 Å². The van der Waals surface area contributed by atoms with Crippen molar-refractivity contribution in [3.05, 3.63) is 30.1 Å². The molecule has 0 heterocycles. The summed E-state index contributed by atoms with van der Waals surface area (Å²) in [7, 11) is 0. The molecule has 3 heteroatoms. The van der Waals surface area contributed by atoms with Gasteiger partial charge in [-0.2, -0.15) is 0 Å². The molecule has 1 saturated carbocycles. The summed E-state index contributed by atoms with van der Waals surface area (Å²) >= 11 is 1.52. The van der Waals surface area contributed by atoms with E-state index in [0.29, 0.717) is 17.5 Å². The van der Waals surface area contributed by atoms with Crippen LogP contribution in [0.25, 0.3) is 0 Å². The van der Waals surface area contributed by atoms with Crippen LogP contribution in [-0.4, -0.2) is 11.5 Å². The molecule has 1 aromatic rings. The van der Waals surface area contributed by atoms with Gasteiger partial charge in [0.05, 0.1) is 5.75 Å². The van der Waals surface area contributed by atoms with Crippen LogP contribution in [0.15, 0.2) is 29.2 Å². The highest BCUT2D eigenvalue weighted by Crippen LogP contribution is 2.34. The molecular weight excluding hydrogens is 259 g/mol. The van der Waals surface area contributed by atoms with Crippen LogP contribution in [0.4, 0.5) is 4.39 Å². The molecule has 3 unspecified atom stereocenters. The van der Waals surface area contributed by atoms with E-state index in [1.807, 2.05) is 0 Å². The fourth-order valence-electron chi connectivity index (χ4n) is 2.64. The molecule has 0 amide bonds. The number of hydrogen-bond acceptors (Lipinski definition) is 2. The van der Waals surface area contributed by atoms with Crippen molar-refractivity contribution in [1.29, 1.82) is 0 Å². The lowest BCUT2D eigenvalue weighted by molar-refractivity contribution is -0.122. The number of rotatable bonds is 4. The third kappa shape index (κ3) is 4.07. The zero-order valence-electron chi connectivity index (χ0n) is 11.6. The highest BCUT2D eigenvalue weighted by molar-refractivity contribution is 8.00. The van der Waals surface area contributed by atoms with Gasteiger partial charge in [-0.15, -0.1) is 11.8 Å². The Labute approximate surface area is 119 Å². The number of benzene rings is 1. The van der Waals surface area contributed by atoms with Crippen LogP contribution in [0, 0.1) is 23.6 Å². The summed E-state index contributed by atoms with van der Waals surface area (Å²) < 4.78 is 12.8. The maximum absolute atomic E-state index is 12.8. The van der Waals surface area contributed by atoms with E-state index in [4.69, 9.17) is 0 Å². The average molecular weight is 280 g/mol. The fraction of sp³-hybridized carbons (Fsp3) is 0.562. The number of thioether (sulfide) groups is 1. The lowest BCUT2D eigenvalue weighted by atomic mass is 9.74. The number of ketones is 1. The predicted molar refractivity (Wildman–Crippen MR) is 77.8 cm³/mol. The molecule has 0 saturated heterocycles. The van der Waals surface area contributed by atoms with E-state index in [1.54, 1.807) is 12.1 Å². The van der Waals surface area contributed by atoms with Crippen molar-refractivity contribution in [3.8, 4) is 0 Å². The lowest BCUT2D eigenvalue weighted by Crippen LogP contribution is -2.27. The van der Waals surface area contributed by atoms with Gasteiger partial charge in [0.15, 0.2) is 0 Å². The van der Waals surface area contributed by atoms with Gasteiger partial charge in [-0.25, -0.2) is 4.39 Å². The predicted octanol–water partition coefficient (Wildman–Crippen LogP) is 4.56. The summed E-state index contributed by atoms with van der Waals surface area (Å²) in [5, 5.41) is 0. The monoisotopic (exact) mass is 280 g/mol. The van der Waals surface area contributed by atoms with Crippen LogP contribution in [0.1, 0.15) is 33.1 Å². The van der Waals surface area contributed by atoms with Gasteiger partial charge in [0.1, 0.15) is 11.6 Å². The molecule has 0 aliphatic heterocycles. The molecule has 1 aromatic carbocycles. The Bertz CT molecular complexity index is 429. The van der Waals surface area contributed by atoms with Crippen LogP contribution in [-0.2, 0) is 4.79 Å². The molecule has 3 atom stereocenters. The molecule has 1 nitrogen and oxygen atoms in total. The molecule has 0 N–H and O–H groups in total. The van der Waals surface area contributed by atoms with Gasteiger partial charge in [-0.05, 0) is 55.4 Å². The Balaban J connectivity index is 1.83. The summed E-state index contributed by atoms with van der Waals surface area (Å²) in [5.41, 5.74) is 0. The summed E-state index contributed by atoms with van der Waals surface area (Å²) in [6, 6.07) is 6.35. The third-order valence-electron chi connectivity index (χ3n) is 4.25. The third-order valence-corrected chi connectivity index (χ3v) is 5.28. The largest absolute Gasteiger partial charge is 0.298 e. The highest BCUT2D eigenvalue weighted by atomic mass is 32.2.